The lowest BCUT2D eigenvalue weighted by atomic mass is 10.0. The van der Waals surface area contributed by atoms with Crippen molar-refractivity contribution in [1.82, 2.24) is 4.57 Å². The van der Waals surface area contributed by atoms with Crippen molar-refractivity contribution in [3.05, 3.63) is 151 Å². The van der Waals surface area contributed by atoms with E-state index in [2.05, 4.69) is 101 Å². The molecule has 0 amide bonds. The highest BCUT2D eigenvalue weighted by atomic mass is 16.3. The van der Waals surface area contributed by atoms with Crippen molar-refractivity contribution in [2.75, 3.05) is 0 Å². The molecule has 42 heavy (non-hydrogen) atoms. The highest BCUT2D eigenvalue weighted by Gasteiger charge is 2.15. The van der Waals surface area contributed by atoms with Gasteiger partial charge in [0.25, 0.3) is 0 Å². The Hall–Kier alpha value is -5.45. The summed E-state index contributed by atoms with van der Waals surface area (Å²) in [7, 11) is 0. The highest BCUT2D eigenvalue weighted by molar-refractivity contribution is 6.11. The van der Waals surface area contributed by atoms with Gasteiger partial charge in [-0.05, 0) is 70.8 Å². The summed E-state index contributed by atoms with van der Waals surface area (Å²) in [5, 5.41) is 4.69. The van der Waals surface area contributed by atoms with Crippen LogP contribution in [0.1, 0.15) is 17.3 Å². The number of para-hydroxylation sites is 2. The van der Waals surface area contributed by atoms with E-state index < -0.39 is 6.17 Å². The minimum atomic E-state index is -0.459. The Morgan fingerprint density at radius 3 is 2.14 bits per heavy atom. The molecule has 0 spiro atoms. The molecule has 0 bridgehead atoms. The van der Waals surface area contributed by atoms with Gasteiger partial charge in [-0.15, -0.1) is 0 Å². The summed E-state index contributed by atoms with van der Waals surface area (Å²) in [5.74, 6) is 0. The molecule has 1 unspecified atom stereocenters. The van der Waals surface area contributed by atoms with E-state index >= 15 is 0 Å². The lowest BCUT2D eigenvalue weighted by molar-refractivity contribution is 0.669. The molecular formula is C38H27N3O. The maximum Gasteiger partial charge on any atom is 0.135 e. The first-order valence-electron chi connectivity index (χ1n) is 14.1. The van der Waals surface area contributed by atoms with E-state index in [1.165, 1.54) is 16.3 Å². The molecule has 4 heteroatoms. The lowest BCUT2D eigenvalue weighted by Crippen LogP contribution is -2.08. The number of nitrogens with two attached hydrogens (primary N) is 1. The van der Waals surface area contributed by atoms with Gasteiger partial charge in [0.2, 0.25) is 0 Å². The first-order valence-corrected chi connectivity index (χ1v) is 14.1. The van der Waals surface area contributed by atoms with Crippen LogP contribution in [-0.4, -0.2) is 10.8 Å². The summed E-state index contributed by atoms with van der Waals surface area (Å²) in [4.78, 5) is 4.63. The number of nitrogens with zero attached hydrogens (tertiary/aromatic N) is 2. The number of hydrogen-bond donors (Lipinski definition) is 1. The number of aromatic nitrogens is 1. The molecule has 2 N–H and O–H groups in total. The third-order valence-electron chi connectivity index (χ3n) is 8.04. The standard InChI is InChI=1S/C38H27N3O/c39-38(40-24-25-9-2-1-3-10-25)28-11-8-12-29(21-28)41-34-15-6-4-13-30(34)32-22-26(17-19-35(32)41)27-18-20-37-33(23-27)31-14-5-7-16-36(31)42-37/h1-24,38H,39H2. The van der Waals surface area contributed by atoms with E-state index in [9.17, 15) is 0 Å². The van der Waals surface area contributed by atoms with Crippen molar-refractivity contribution in [2.24, 2.45) is 10.7 Å². The number of aliphatic imine (C=N–C) groups is 1. The van der Waals surface area contributed by atoms with Gasteiger partial charge in [-0.1, -0.05) is 91.0 Å². The molecule has 0 aliphatic rings. The van der Waals surface area contributed by atoms with Gasteiger partial charge in [-0.3, -0.25) is 4.99 Å². The fourth-order valence-corrected chi connectivity index (χ4v) is 5.98. The monoisotopic (exact) mass is 541 g/mol. The summed E-state index contributed by atoms with van der Waals surface area (Å²) in [5.41, 5.74) is 16.0. The summed E-state index contributed by atoms with van der Waals surface area (Å²) >= 11 is 0. The van der Waals surface area contributed by atoms with Crippen molar-refractivity contribution in [3.63, 3.8) is 0 Å². The minimum absolute atomic E-state index is 0.459. The van der Waals surface area contributed by atoms with Gasteiger partial charge in [0.1, 0.15) is 17.3 Å². The maximum atomic E-state index is 6.53. The van der Waals surface area contributed by atoms with Crippen LogP contribution in [-0.2, 0) is 0 Å². The van der Waals surface area contributed by atoms with Crippen LogP contribution in [0.2, 0.25) is 0 Å². The number of furan rings is 1. The summed E-state index contributed by atoms with van der Waals surface area (Å²) in [6, 6.07) is 48.4. The van der Waals surface area contributed by atoms with Gasteiger partial charge in [-0.2, -0.15) is 0 Å². The highest BCUT2D eigenvalue weighted by Crippen LogP contribution is 2.37. The second-order valence-electron chi connectivity index (χ2n) is 10.6. The van der Waals surface area contributed by atoms with E-state index in [-0.39, 0.29) is 0 Å². The number of rotatable bonds is 5. The molecule has 0 radical (unpaired) electrons. The van der Waals surface area contributed by atoms with Crippen molar-refractivity contribution in [3.8, 4) is 16.8 Å². The third kappa shape index (κ3) is 4.09. The van der Waals surface area contributed by atoms with Crippen molar-refractivity contribution in [1.29, 1.82) is 0 Å². The number of hydrogen-bond acceptors (Lipinski definition) is 3. The molecule has 6 aromatic carbocycles. The van der Waals surface area contributed by atoms with Crippen LogP contribution in [0.5, 0.6) is 0 Å². The molecule has 2 heterocycles. The molecule has 0 aliphatic carbocycles. The molecule has 200 valence electrons. The Labute approximate surface area is 243 Å². The predicted molar refractivity (Wildman–Crippen MR) is 174 cm³/mol. The zero-order valence-corrected chi connectivity index (χ0v) is 22.8. The Morgan fingerprint density at radius 1 is 0.571 bits per heavy atom. The maximum absolute atomic E-state index is 6.53. The van der Waals surface area contributed by atoms with Crippen LogP contribution < -0.4 is 5.73 Å². The summed E-state index contributed by atoms with van der Waals surface area (Å²) < 4.78 is 8.38. The van der Waals surface area contributed by atoms with Crippen LogP contribution in [0.15, 0.2) is 149 Å². The van der Waals surface area contributed by atoms with Crippen LogP contribution in [0.4, 0.5) is 0 Å². The van der Waals surface area contributed by atoms with E-state index in [4.69, 9.17) is 10.2 Å². The minimum Gasteiger partial charge on any atom is -0.456 e. The fraction of sp³-hybridized carbons (Fsp3) is 0.0263. The smallest absolute Gasteiger partial charge is 0.135 e. The normalized spacial score (nSPS) is 12.7. The Balaban J connectivity index is 1.23. The SMILES string of the molecule is NC(N=Cc1ccccc1)c1cccc(-n2c3ccccc3c3cc(-c4ccc5oc6ccccc6c5c4)ccc32)c1. The summed E-state index contributed by atoms with van der Waals surface area (Å²) in [6.07, 6.45) is 1.38. The van der Waals surface area contributed by atoms with Gasteiger partial charge in [-0.25, -0.2) is 0 Å². The van der Waals surface area contributed by atoms with Crippen LogP contribution >= 0.6 is 0 Å². The number of fused-ring (bicyclic) bond motifs is 6. The fourth-order valence-electron chi connectivity index (χ4n) is 5.98. The van der Waals surface area contributed by atoms with Gasteiger partial charge in [0, 0.05) is 33.4 Å². The van der Waals surface area contributed by atoms with E-state index in [0.717, 1.165) is 55.3 Å². The molecule has 1 atom stereocenters. The Bertz CT molecular complexity index is 2270. The average molecular weight is 542 g/mol. The second-order valence-corrected chi connectivity index (χ2v) is 10.6. The molecule has 0 fully saturated rings. The van der Waals surface area contributed by atoms with Gasteiger partial charge in [0.05, 0.1) is 11.0 Å². The quantitative estimate of drug-likeness (QED) is 0.221. The molecular weight excluding hydrogens is 514 g/mol. The Morgan fingerprint density at radius 2 is 1.26 bits per heavy atom. The Kier molecular flexibility index (Phi) is 5.73. The molecule has 4 nitrogen and oxygen atoms in total. The van der Waals surface area contributed by atoms with Crippen LogP contribution in [0.25, 0.3) is 60.6 Å². The number of benzene rings is 6. The van der Waals surface area contributed by atoms with Crippen molar-refractivity contribution < 1.29 is 4.42 Å². The van der Waals surface area contributed by atoms with E-state index in [0.29, 0.717) is 0 Å². The molecule has 0 aliphatic heterocycles. The first-order chi connectivity index (χ1) is 20.7. The van der Waals surface area contributed by atoms with Gasteiger partial charge in [0.15, 0.2) is 0 Å². The predicted octanol–water partition coefficient (Wildman–Crippen LogP) is 9.43. The zero-order chi connectivity index (χ0) is 28.0. The van der Waals surface area contributed by atoms with Gasteiger partial charge >= 0.3 is 0 Å². The van der Waals surface area contributed by atoms with Crippen molar-refractivity contribution >= 4 is 50.0 Å². The molecule has 0 saturated carbocycles. The topological polar surface area (TPSA) is 56.4 Å². The van der Waals surface area contributed by atoms with Gasteiger partial charge < -0.3 is 14.7 Å². The largest absolute Gasteiger partial charge is 0.456 e. The molecule has 8 aromatic rings. The van der Waals surface area contributed by atoms with Crippen LogP contribution in [0.3, 0.4) is 0 Å². The zero-order valence-electron chi connectivity index (χ0n) is 22.8. The summed E-state index contributed by atoms with van der Waals surface area (Å²) in [6.45, 7) is 0. The molecule has 2 aromatic heterocycles. The van der Waals surface area contributed by atoms with E-state index in [1.807, 2.05) is 54.7 Å². The molecule has 0 saturated heterocycles. The third-order valence-corrected chi connectivity index (χ3v) is 8.04. The first kappa shape index (κ1) is 24.4. The van der Waals surface area contributed by atoms with Crippen molar-refractivity contribution in [2.45, 2.75) is 6.17 Å². The molecule has 8 rings (SSSR count). The lowest BCUT2D eigenvalue weighted by Gasteiger charge is -2.12. The second kappa shape index (κ2) is 9.88. The average Bonchev–Trinajstić information content (AvgIpc) is 3.59. The van der Waals surface area contributed by atoms with E-state index in [1.54, 1.807) is 0 Å². The van der Waals surface area contributed by atoms with Crippen LogP contribution in [0, 0.1) is 0 Å².